The average molecular weight is 461 g/mol. The topological polar surface area (TPSA) is 53.2 Å². The Bertz CT molecular complexity index is 1300. The van der Waals surface area contributed by atoms with Crippen molar-refractivity contribution >= 4 is 28.8 Å². The van der Waals surface area contributed by atoms with Gasteiger partial charge in [-0.3, -0.25) is 0 Å². The maximum Gasteiger partial charge on any atom is 0.416 e. The summed E-state index contributed by atoms with van der Waals surface area (Å²) in [6.45, 7) is 1.98. The summed E-state index contributed by atoms with van der Waals surface area (Å²) >= 11 is 0. The second-order valence-electron chi connectivity index (χ2n) is 7.78. The quantitative estimate of drug-likeness (QED) is 0.281. The molecule has 172 valence electrons. The Morgan fingerprint density at radius 2 is 1.44 bits per heavy atom. The van der Waals surface area contributed by atoms with Gasteiger partial charge in [0.05, 0.1) is 11.3 Å². The zero-order valence-electron chi connectivity index (χ0n) is 18.3. The van der Waals surface area contributed by atoms with Gasteiger partial charge in [0.1, 0.15) is 0 Å². The van der Waals surface area contributed by atoms with Gasteiger partial charge in [0.25, 0.3) is 0 Å². The Hall–Kier alpha value is -4.26. The van der Waals surface area contributed by atoms with Gasteiger partial charge in [-0.05, 0) is 61.0 Å². The van der Waals surface area contributed by atoms with Crippen LogP contribution in [0.1, 0.15) is 11.1 Å². The molecule has 0 radical (unpaired) electrons. The molecule has 4 aromatic rings. The van der Waals surface area contributed by atoms with Gasteiger partial charge < -0.3 is 16.0 Å². The first kappa shape index (κ1) is 22.9. The van der Waals surface area contributed by atoms with Crippen LogP contribution in [0.25, 0.3) is 11.1 Å². The lowest BCUT2D eigenvalue weighted by atomic mass is 10.0. The third-order valence-corrected chi connectivity index (χ3v) is 5.11. The Kier molecular flexibility index (Phi) is 6.54. The molecule has 0 saturated heterocycles. The molecule has 0 aliphatic carbocycles. The van der Waals surface area contributed by atoms with Crippen molar-refractivity contribution < 1.29 is 18.0 Å². The van der Waals surface area contributed by atoms with Crippen molar-refractivity contribution in [1.29, 1.82) is 0 Å². The van der Waals surface area contributed by atoms with E-state index in [1.807, 2.05) is 73.7 Å². The highest BCUT2D eigenvalue weighted by Gasteiger charge is 2.30. The highest BCUT2D eigenvalue weighted by molar-refractivity contribution is 6.02. The molecule has 4 nitrogen and oxygen atoms in total. The predicted octanol–water partition coefficient (Wildman–Crippen LogP) is 8.07. The summed E-state index contributed by atoms with van der Waals surface area (Å²) in [7, 11) is 0. The van der Waals surface area contributed by atoms with Crippen LogP contribution in [-0.2, 0) is 6.18 Å². The Labute approximate surface area is 195 Å². The molecule has 0 aliphatic heterocycles. The summed E-state index contributed by atoms with van der Waals surface area (Å²) in [5.41, 5.74) is 4.20. The number of hydrogen-bond donors (Lipinski definition) is 3. The molecule has 4 aromatic carbocycles. The van der Waals surface area contributed by atoms with Crippen LogP contribution in [0.15, 0.2) is 97.1 Å². The van der Waals surface area contributed by atoms with E-state index in [1.165, 1.54) is 12.1 Å². The minimum atomic E-state index is -4.49. The van der Waals surface area contributed by atoms with Crippen molar-refractivity contribution in [3.05, 3.63) is 108 Å². The van der Waals surface area contributed by atoms with Gasteiger partial charge in [0.15, 0.2) is 0 Å². The van der Waals surface area contributed by atoms with E-state index < -0.39 is 17.8 Å². The van der Waals surface area contributed by atoms with Crippen LogP contribution in [0.2, 0.25) is 0 Å². The maximum absolute atomic E-state index is 13.0. The summed E-state index contributed by atoms with van der Waals surface area (Å²) in [4.78, 5) is 12.7. The van der Waals surface area contributed by atoms with Crippen molar-refractivity contribution in [3.63, 3.8) is 0 Å². The summed E-state index contributed by atoms with van der Waals surface area (Å²) in [6, 6.07) is 26.9. The summed E-state index contributed by atoms with van der Waals surface area (Å²) in [6.07, 6.45) is -4.49. The van der Waals surface area contributed by atoms with Gasteiger partial charge in [-0.15, -0.1) is 0 Å². The fourth-order valence-electron chi connectivity index (χ4n) is 3.53. The predicted molar refractivity (Wildman–Crippen MR) is 130 cm³/mol. The van der Waals surface area contributed by atoms with Gasteiger partial charge >= 0.3 is 12.2 Å². The molecule has 0 unspecified atom stereocenters. The lowest BCUT2D eigenvalue weighted by molar-refractivity contribution is -0.137. The van der Waals surface area contributed by atoms with Crippen LogP contribution in [0.4, 0.5) is 40.7 Å². The van der Waals surface area contributed by atoms with Crippen molar-refractivity contribution in [2.75, 3.05) is 16.0 Å². The Morgan fingerprint density at radius 3 is 2.18 bits per heavy atom. The fourth-order valence-corrected chi connectivity index (χ4v) is 3.53. The molecule has 0 heterocycles. The number of nitrogens with one attached hydrogen (secondary N) is 3. The van der Waals surface area contributed by atoms with Crippen LogP contribution in [-0.4, -0.2) is 6.03 Å². The van der Waals surface area contributed by atoms with E-state index in [-0.39, 0.29) is 5.69 Å². The van der Waals surface area contributed by atoms with E-state index in [1.54, 1.807) is 6.07 Å². The molecule has 34 heavy (non-hydrogen) atoms. The number of carbonyl (C=O) groups excluding carboxylic acids is 1. The minimum absolute atomic E-state index is 0.0480. The third-order valence-electron chi connectivity index (χ3n) is 5.11. The SMILES string of the molecule is Cc1cccc(-c2cc(Nc3ccccc3)ccc2NC(=O)Nc2cccc(C(F)(F)F)c2)c1. The normalized spacial score (nSPS) is 11.1. The number of hydrogen-bond acceptors (Lipinski definition) is 2. The first-order valence-electron chi connectivity index (χ1n) is 10.6. The van der Waals surface area contributed by atoms with Crippen LogP contribution >= 0.6 is 0 Å². The molecule has 0 atom stereocenters. The van der Waals surface area contributed by atoms with E-state index in [9.17, 15) is 18.0 Å². The Morgan fingerprint density at radius 1 is 0.706 bits per heavy atom. The highest BCUT2D eigenvalue weighted by Crippen LogP contribution is 2.33. The van der Waals surface area contributed by atoms with Gasteiger partial charge in [-0.25, -0.2) is 4.79 Å². The molecule has 4 rings (SSSR count). The molecule has 0 spiro atoms. The van der Waals surface area contributed by atoms with Crippen molar-refractivity contribution in [3.8, 4) is 11.1 Å². The van der Waals surface area contributed by atoms with Crippen LogP contribution in [0.3, 0.4) is 0 Å². The first-order valence-corrected chi connectivity index (χ1v) is 10.6. The van der Waals surface area contributed by atoms with Crippen LogP contribution in [0, 0.1) is 6.92 Å². The molecule has 3 N–H and O–H groups in total. The fraction of sp³-hybridized carbons (Fsp3) is 0.0741. The summed E-state index contributed by atoms with van der Waals surface area (Å²) in [5, 5.41) is 8.58. The lowest BCUT2D eigenvalue weighted by Crippen LogP contribution is -2.20. The van der Waals surface area contributed by atoms with E-state index in [2.05, 4.69) is 16.0 Å². The second kappa shape index (κ2) is 9.70. The molecule has 7 heteroatoms. The number of halogens is 3. The molecule has 0 saturated carbocycles. The number of amides is 2. The number of alkyl halides is 3. The van der Waals surface area contributed by atoms with Gasteiger partial charge in [-0.2, -0.15) is 13.2 Å². The van der Waals surface area contributed by atoms with E-state index >= 15 is 0 Å². The first-order chi connectivity index (χ1) is 16.3. The number of rotatable bonds is 5. The van der Waals surface area contributed by atoms with Gasteiger partial charge in [0.2, 0.25) is 0 Å². The van der Waals surface area contributed by atoms with Gasteiger partial charge in [0, 0.05) is 22.6 Å². The van der Waals surface area contributed by atoms with Crippen molar-refractivity contribution in [2.45, 2.75) is 13.1 Å². The zero-order valence-corrected chi connectivity index (χ0v) is 18.3. The van der Waals surface area contributed by atoms with Crippen molar-refractivity contribution in [1.82, 2.24) is 0 Å². The number of benzene rings is 4. The number of para-hydroxylation sites is 1. The molecule has 0 fully saturated rings. The average Bonchev–Trinajstić information content (AvgIpc) is 2.80. The molecule has 0 bridgehead atoms. The number of carbonyl (C=O) groups is 1. The summed E-state index contributed by atoms with van der Waals surface area (Å²) in [5.74, 6) is 0. The number of aryl methyl sites for hydroxylation is 1. The number of anilines is 4. The smallest absolute Gasteiger partial charge is 0.356 e. The van der Waals surface area contributed by atoms with Gasteiger partial charge in [-0.1, -0.05) is 54.1 Å². The third kappa shape index (κ3) is 5.75. The Balaban J connectivity index is 1.61. The van der Waals surface area contributed by atoms with Crippen LogP contribution in [0.5, 0.6) is 0 Å². The monoisotopic (exact) mass is 461 g/mol. The zero-order chi connectivity index (χ0) is 24.1. The largest absolute Gasteiger partial charge is 0.416 e. The number of urea groups is 1. The molecule has 0 aromatic heterocycles. The maximum atomic E-state index is 13.0. The molecular formula is C27H22F3N3O. The summed E-state index contributed by atoms with van der Waals surface area (Å²) < 4.78 is 39.0. The highest BCUT2D eigenvalue weighted by atomic mass is 19.4. The molecule has 0 aliphatic rings. The molecular weight excluding hydrogens is 439 g/mol. The van der Waals surface area contributed by atoms with Crippen LogP contribution < -0.4 is 16.0 Å². The standard InChI is InChI=1S/C27H22F3N3O/c1-18-7-5-8-19(15-18)24-17-23(31-21-10-3-2-4-11-21)13-14-25(24)33-26(34)32-22-12-6-9-20(16-22)27(28,29)30/h2-17,31H,1H3,(H2,32,33,34). The molecule has 2 amide bonds. The van der Waals surface area contributed by atoms with E-state index in [0.717, 1.165) is 40.2 Å². The second-order valence-corrected chi connectivity index (χ2v) is 7.78. The minimum Gasteiger partial charge on any atom is -0.356 e. The lowest BCUT2D eigenvalue weighted by Gasteiger charge is -2.16. The van der Waals surface area contributed by atoms with E-state index in [4.69, 9.17) is 0 Å². The van der Waals surface area contributed by atoms with E-state index in [0.29, 0.717) is 5.69 Å². The van der Waals surface area contributed by atoms with Crippen molar-refractivity contribution in [2.24, 2.45) is 0 Å².